The Hall–Kier alpha value is -1.12. The first-order valence-corrected chi connectivity index (χ1v) is 4.51. The van der Waals surface area contributed by atoms with E-state index < -0.39 is 5.41 Å². The number of fused-ring (bicyclic) bond motifs is 1. The molecule has 3 nitrogen and oxygen atoms in total. The van der Waals surface area contributed by atoms with E-state index in [0.717, 1.165) is 24.8 Å². The van der Waals surface area contributed by atoms with Crippen LogP contribution in [0.1, 0.15) is 25.7 Å². The molecule has 1 atom stereocenters. The third kappa shape index (κ3) is 1.03. The SMILES string of the molecule is COC(=O)C12CCCC1=CC(=O)C2. The third-order valence-electron chi connectivity index (χ3n) is 3.05. The Bertz CT molecular complexity index is 303. The maximum atomic E-state index is 11.5. The van der Waals surface area contributed by atoms with Crippen molar-refractivity contribution in [3.8, 4) is 0 Å². The number of carbonyl (C=O) groups excluding carboxylic acids is 2. The first kappa shape index (κ1) is 8.48. The molecule has 0 spiro atoms. The fourth-order valence-corrected chi connectivity index (χ4v) is 2.44. The lowest BCUT2D eigenvalue weighted by Gasteiger charge is -2.21. The first-order chi connectivity index (χ1) is 6.19. The van der Waals surface area contributed by atoms with Gasteiger partial charge in [-0.25, -0.2) is 0 Å². The van der Waals surface area contributed by atoms with E-state index in [1.54, 1.807) is 6.08 Å². The van der Waals surface area contributed by atoms with Crippen LogP contribution < -0.4 is 0 Å². The number of esters is 1. The van der Waals surface area contributed by atoms with Gasteiger partial charge < -0.3 is 4.74 Å². The minimum Gasteiger partial charge on any atom is -0.468 e. The lowest BCUT2D eigenvalue weighted by molar-refractivity contribution is -0.151. The molecule has 0 amide bonds. The molecule has 70 valence electrons. The maximum Gasteiger partial charge on any atom is 0.316 e. The summed E-state index contributed by atoms with van der Waals surface area (Å²) >= 11 is 0. The first-order valence-electron chi connectivity index (χ1n) is 4.51. The van der Waals surface area contributed by atoms with Gasteiger partial charge in [0.2, 0.25) is 0 Å². The number of hydrogen-bond donors (Lipinski definition) is 0. The summed E-state index contributed by atoms with van der Waals surface area (Å²) in [6, 6.07) is 0. The van der Waals surface area contributed by atoms with Crippen molar-refractivity contribution in [3.63, 3.8) is 0 Å². The zero-order chi connectivity index (χ0) is 9.47. The molecule has 0 heterocycles. The number of rotatable bonds is 1. The fourth-order valence-electron chi connectivity index (χ4n) is 2.44. The Morgan fingerprint density at radius 3 is 3.08 bits per heavy atom. The number of carbonyl (C=O) groups is 2. The van der Waals surface area contributed by atoms with Gasteiger partial charge in [0.1, 0.15) is 0 Å². The second-order valence-corrected chi connectivity index (χ2v) is 3.74. The molecule has 0 bridgehead atoms. The van der Waals surface area contributed by atoms with Gasteiger partial charge in [0.15, 0.2) is 5.78 Å². The number of hydrogen-bond acceptors (Lipinski definition) is 3. The van der Waals surface area contributed by atoms with E-state index in [1.165, 1.54) is 7.11 Å². The van der Waals surface area contributed by atoms with E-state index in [0.29, 0.717) is 6.42 Å². The van der Waals surface area contributed by atoms with Gasteiger partial charge in [-0.1, -0.05) is 0 Å². The van der Waals surface area contributed by atoms with Crippen molar-refractivity contribution in [2.75, 3.05) is 7.11 Å². The summed E-state index contributed by atoms with van der Waals surface area (Å²) in [5.41, 5.74) is 0.426. The molecule has 0 radical (unpaired) electrons. The minimum absolute atomic E-state index is 0.0695. The van der Waals surface area contributed by atoms with E-state index in [-0.39, 0.29) is 11.8 Å². The van der Waals surface area contributed by atoms with E-state index in [1.807, 2.05) is 0 Å². The predicted molar refractivity (Wildman–Crippen MR) is 46.0 cm³/mol. The smallest absolute Gasteiger partial charge is 0.316 e. The third-order valence-corrected chi connectivity index (χ3v) is 3.05. The molecule has 0 aliphatic heterocycles. The second-order valence-electron chi connectivity index (χ2n) is 3.74. The minimum atomic E-state index is -0.564. The Labute approximate surface area is 76.8 Å². The lowest BCUT2D eigenvalue weighted by Crippen LogP contribution is -2.29. The molecule has 2 aliphatic carbocycles. The molecule has 0 saturated heterocycles. The Kier molecular flexibility index (Phi) is 1.75. The molecule has 13 heavy (non-hydrogen) atoms. The van der Waals surface area contributed by atoms with Crippen LogP contribution in [0.2, 0.25) is 0 Å². The van der Waals surface area contributed by atoms with E-state index in [9.17, 15) is 9.59 Å². The highest BCUT2D eigenvalue weighted by atomic mass is 16.5. The number of methoxy groups -OCH3 is 1. The zero-order valence-corrected chi connectivity index (χ0v) is 7.63. The fraction of sp³-hybridized carbons (Fsp3) is 0.600. The van der Waals surface area contributed by atoms with Crippen molar-refractivity contribution in [2.45, 2.75) is 25.7 Å². The summed E-state index contributed by atoms with van der Waals surface area (Å²) < 4.78 is 4.76. The monoisotopic (exact) mass is 180 g/mol. The van der Waals surface area contributed by atoms with E-state index in [2.05, 4.69) is 0 Å². The number of allylic oxidation sites excluding steroid dienone is 1. The van der Waals surface area contributed by atoms with Crippen molar-refractivity contribution in [1.29, 1.82) is 0 Å². The van der Waals surface area contributed by atoms with Gasteiger partial charge in [-0.3, -0.25) is 9.59 Å². The zero-order valence-electron chi connectivity index (χ0n) is 7.63. The topological polar surface area (TPSA) is 43.4 Å². The summed E-state index contributed by atoms with van der Waals surface area (Å²) in [6.07, 6.45) is 4.60. The quantitative estimate of drug-likeness (QED) is 0.570. The molecule has 2 rings (SSSR count). The van der Waals surface area contributed by atoms with Crippen molar-refractivity contribution < 1.29 is 14.3 Å². The van der Waals surface area contributed by atoms with Crippen molar-refractivity contribution in [3.05, 3.63) is 11.6 Å². The van der Waals surface area contributed by atoms with Crippen molar-refractivity contribution in [1.82, 2.24) is 0 Å². The van der Waals surface area contributed by atoms with Crippen molar-refractivity contribution >= 4 is 11.8 Å². The lowest BCUT2D eigenvalue weighted by atomic mass is 9.83. The van der Waals surface area contributed by atoms with Crippen LogP contribution in [0.25, 0.3) is 0 Å². The molecule has 2 aliphatic rings. The van der Waals surface area contributed by atoms with Crippen LogP contribution in [0.4, 0.5) is 0 Å². The Balaban J connectivity index is 2.37. The van der Waals surface area contributed by atoms with E-state index in [4.69, 9.17) is 4.74 Å². The van der Waals surface area contributed by atoms with Gasteiger partial charge in [-0.05, 0) is 30.9 Å². The van der Waals surface area contributed by atoms with Crippen LogP contribution in [0, 0.1) is 5.41 Å². The molecule has 0 N–H and O–H groups in total. The molecule has 0 aromatic heterocycles. The van der Waals surface area contributed by atoms with Gasteiger partial charge in [-0.15, -0.1) is 0 Å². The van der Waals surface area contributed by atoms with Crippen LogP contribution in [-0.2, 0) is 14.3 Å². The Morgan fingerprint density at radius 1 is 1.62 bits per heavy atom. The number of ether oxygens (including phenoxy) is 1. The average Bonchev–Trinajstić information content (AvgIpc) is 2.59. The van der Waals surface area contributed by atoms with Gasteiger partial charge >= 0.3 is 5.97 Å². The molecule has 1 saturated carbocycles. The largest absolute Gasteiger partial charge is 0.468 e. The summed E-state index contributed by atoms with van der Waals surface area (Å²) in [4.78, 5) is 22.7. The van der Waals surface area contributed by atoms with Crippen molar-refractivity contribution in [2.24, 2.45) is 5.41 Å². The highest BCUT2D eigenvalue weighted by Crippen LogP contribution is 2.50. The van der Waals surface area contributed by atoms with Gasteiger partial charge in [0.05, 0.1) is 12.5 Å². The molecular formula is C10H12O3. The van der Waals surface area contributed by atoms with Crippen LogP contribution in [-0.4, -0.2) is 18.9 Å². The summed E-state index contributed by atoms with van der Waals surface area (Å²) in [5, 5.41) is 0. The summed E-state index contributed by atoms with van der Waals surface area (Å²) in [7, 11) is 1.38. The average molecular weight is 180 g/mol. The van der Waals surface area contributed by atoms with Crippen LogP contribution in [0.15, 0.2) is 11.6 Å². The normalized spacial score (nSPS) is 31.5. The molecule has 0 aromatic rings. The maximum absolute atomic E-state index is 11.5. The highest BCUT2D eigenvalue weighted by Gasteiger charge is 2.50. The molecular weight excluding hydrogens is 168 g/mol. The second kappa shape index (κ2) is 2.69. The summed E-state index contributed by atoms with van der Waals surface area (Å²) in [6.45, 7) is 0. The van der Waals surface area contributed by atoms with Crippen LogP contribution in [0.5, 0.6) is 0 Å². The number of ketones is 1. The molecule has 3 heteroatoms. The molecule has 1 unspecified atom stereocenters. The predicted octanol–water partition coefficient (Wildman–Crippen LogP) is 1.23. The highest BCUT2D eigenvalue weighted by molar-refractivity contribution is 6.01. The Morgan fingerprint density at radius 2 is 2.38 bits per heavy atom. The van der Waals surface area contributed by atoms with Gasteiger partial charge in [0.25, 0.3) is 0 Å². The van der Waals surface area contributed by atoms with E-state index >= 15 is 0 Å². The van der Waals surface area contributed by atoms with Crippen LogP contribution >= 0.6 is 0 Å². The summed E-state index contributed by atoms with van der Waals surface area (Å²) in [5.74, 6) is -0.165. The molecule has 1 fully saturated rings. The molecule has 0 aromatic carbocycles. The van der Waals surface area contributed by atoms with Gasteiger partial charge in [0, 0.05) is 6.42 Å². The van der Waals surface area contributed by atoms with Crippen LogP contribution in [0.3, 0.4) is 0 Å². The van der Waals surface area contributed by atoms with Gasteiger partial charge in [-0.2, -0.15) is 0 Å². The standard InChI is InChI=1S/C10H12O3/c1-13-9(12)10-4-2-3-7(10)5-8(11)6-10/h5H,2-4,6H2,1H3.